The van der Waals surface area contributed by atoms with E-state index in [1.54, 1.807) is 19.1 Å². The molecule has 1 aromatic carbocycles. The minimum absolute atomic E-state index is 0.00896. The molecular formula is C21H27N5O6S2. The van der Waals surface area contributed by atoms with Crippen LogP contribution in [0.4, 0.5) is 5.69 Å². The molecule has 11 nitrogen and oxygen atoms in total. The SMILES string of the molecule is CC[C@@H](N=C1NS(=O)(=O)N=C1Nc1cccc(S(=O)(=O)N2CCCCC2)c1O)c1ccc(C)o1. The van der Waals surface area contributed by atoms with Gasteiger partial charge in [0, 0.05) is 13.1 Å². The van der Waals surface area contributed by atoms with E-state index in [-0.39, 0.29) is 22.3 Å². The fourth-order valence-electron chi connectivity index (χ4n) is 3.87. The number of phenolic OH excluding ortho intramolecular Hbond substituents is 1. The molecule has 184 valence electrons. The highest BCUT2D eigenvalue weighted by atomic mass is 32.2. The number of nitrogens with one attached hydrogen (secondary N) is 2. The number of aromatic hydroxyl groups is 1. The van der Waals surface area contributed by atoms with Crippen molar-refractivity contribution in [2.24, 2.45) is 9.39 Å². The van der Waals surface area contributed by atoms with Gasteiger partial charge in [-0.05, 0) is 50.5 Å². The van der Waals surface area contributed by atoms with Gasteiger partial charge in [-0.15, -0.1) is 4.40 Å². The topological polar surface area (TPSA) is 154 Å². The molecule has 1 aromatic heterocycles. The Morgan fingerprint density at radius 2 is 1.97 bits per heavy atom. The molecule has 4 rings (SSSR count). The lowest BCUT2D eigenvalue weighted by Gasteiger charge is -2.26. The van der Waals surface area contributed by atoms with Crippen LogP contribution in [0, 0.1) is 6.92 Å². The summed E-state index contributed by atoms with van der Waals surface area (Å²) in [5.41, 5.74) is -0.00896. The molecule has 0 amide bonds. The van der Waals surface area contributed by atoms with Crippen molar-refractivity contribution in [3.63, 3.8) is 0 Å². The number of para-hydroxylation sites is 1. The molecule has 1 fully saturated rings. The van der Waals surface area contributed by atoms with Gasteiger partial charge in [-0.3, -0.25) is 4.99 Å². The molecular weight excluding hydrogens is 482 g/mol. The molecule has 3 N–H and O–H groups in total. The molecule has 34 heavy (non-hydrogen) atoms. The van der Waals surface area contributed by atoms with E-state index < -0.39 is 32.0 Å². The van der Waals surface area contributed by atoms with E-state index in [0.717, 1.165) is 19.3 Å². The smallest absolute Gasteiger partial charge is 0.345 e. The van der Waals surface area contributed by atoms with E-state index in [2.05, 4.69) is 19.4 Å². The number of benzene rings is 1. The highest BCUT2D eigenvalue weighted by Crippen LogP contribution is 2.34. The van der Waals surface area contributed by atoms with Gasteiger partial charge in [0.1, 0.15) is 22.5 Å². The van der Waals surface area contributed by atoms with Gasteiger partial charge in [0.2, 0.25) is 10.0 Å². The number of hydrogen-bond donors (Lipinski definition) is 3. The first kappa shape index (κ1) is 24.2. The minimum atomic E-state index is -4.06. The minimum Gasteiger partial charge on any atom is -0.504 e. The Morgan fingerprint density at radius 1 is 1.24 bits per heavy atom. The van der Waals surface area contributed by atoms with Crippen molar-refractivity contribution >= 4 is 37.6 Å². The van der Waals surface area contributed by atoms with Crippen LogP contribution in [0.25, 0.3) is 0 Å². The standard InChI is InChI=1S/C21H27N5O6S2/c1-3-15(17-11-10-14(2)32-17)22-20-21(25-34(30,31)24-20)23-16-8-7-9-18(19(16)27)33(28,29)26-12-5-4-6-13-26/h7-11,15,27H,3-6,12-13H2,1-2H3,(H,22,24)(H,23,25)/t15-/m1/s1. The van der Waals surface area contributed by atoms with Crippen LogP contribution in [-0.4, -0.2) is 51.0 Å². The largest absolute Gasteiger partial charge is 0.504 e. The van der Waals surface area contributed by atoms with Gasteiger partial charge >= 0.3 is 10.2 Å². The summed E-state index contributed by atoms with van der Waals surface area (Å²) >= 11 is 0. The second-order valence-electron chi connectivity index (χ2n) is 8.11. The highest BCUT2D eigenvalue weighted by molar-refractivity contribution is 7.89. The summed E-state index contributed by atoms with van der Waals surface area (Å²) in [6.45, 7) is 4.44. The first-order chi connectivity index (χ1) is 16.1. The molecule has 0 saturated carbocycles. The lowest BCUT2D eigenvalue weighted by atomic mass is 10.2. The second-order valence-corrected chi connectivity index (χ2v) is 11.4. The zero-order valence-corrected chi connectivity index (χ0v) is 20.5. The third-order valence-electron chi connectivity index (χ3n) is 5.61. The number of aliphatic imine (C=N–C) groups is 1. The number of rotatable bonds is 6. The Balaban J connectivity index is 1.66. The number of aryl methyl sites for hydroxylation is 1. The maximum atomic E-state index is 13.1. The van der Waals surface area contributed by atoms with Crippen LogP contribution >= 0.6 is 0 Å². The first-order valence-electron chi connectivity index (χ1n) is 11.0. The molecule has 3 heterocycles. The summed E-state index contributed by atoms with van der Waals surface area (Å²) in [5.74, 6) is 0.516. The fourth-order valence-corrected chi connectivity index (χ4v) is 6.31. The zero-order valence-electron chi connectivity index (χ0n) is 18.9. The number of furan rings is 1. The molecule has 1 atom stereocenters. The summed E-state index contributed by atoms with van der Waals surface area (Å²) in [5, 5.41) is 13.5. The zero-order chi connectivity index (χ0) is 24.5. The van der Waals surface area contributed by atoms with Crippen molar-refractivity contribution < 1.29 is 26.4 Å². The summed E-state index contributed by atoms with van der Waals surface area (Å²) in [7, 11) is -7.97. The van der Waals surface area contributed by atoms with E-state index >= 15 is 0 Å². The molecule has 2 aliphatic rings. The van der Waals surface area contributed by atoms with Crippen LogP contribution in [0.5, 0.6) is 5.75 Å². The number of amidine groups is 2. The highest BCUT2D eigenvalue weighted by Gasteiger charge is 2.32. The molecule has 0 unspecified atom stereocenters. The van der Waals surface area contributed by atoms with Gasteiger partial charge in [-0.25, -0.2) is 13.1 Å². The monoisotopic (exact) mass is 509 g/mol. The Bertz CT molecular complexity index is 1340. The summed E-state index contributed by atoms with van der Waals surface area (Å²) in [4.78, 5) is 4.20. The van der Waals surface area contributed by atoms with Gasteiger partial charge < -0.3 is 14.8 Å². The molecule has 13 heteroatoms. The maximum Gasteiger partial charge on any atom is 0.345 e. The number of nitrogens with zero attached hydrogens (tertiary/aromatic N) is 3. The quantitative estimate of drug-likeness (QED) is 0.506. The lowest BCUT2D eigenvalue weighted by molar-refractivity contribution is 0.344. The summed E-state index contributed by atoms with van der Waals surface area (Å²) in [6, 6.07) is 7.29. The molecule has 0 bridgehead atoms. The van der Waals surface area contributed by atoms with Gasteiger partial charge in [0.05, 0.1) is 5.69 Å². The van der Waals surface area contributed by atoms with Gasteiger partial charge in [-0.1, -0.05) is 19.4 Å². The predicted molar refractivity (Wildman–Crippen MR) is 128 cm³/mol. The van der Waals surface area contributed by atoms with Crippen LogP contribution in [0.15, 0.2) is 49.0 Å². The number of phenols is 1. The normalized spacial score (nSPS) is 20.6. The van der Waals surface area contributed by atoms with E-state index in [9.17, 15) is 21.9 Å². The fraction of sp³-hybridized carbons (Fsp3) is 0.429. The van der Waals surface area contributed by atoms with Crippen molar-refractivity contribution in [1.82, 2.24) is 9.03 Å². The molecule has 2 aliphatic heterocycles. The Labute approximate surface area is 198 Å². The van der Waals surface area contributed by atoms with E-state index in [0.29, 0.717) is 31.0 Å². The summed E-state index contributed by atoms with van der Waals surface area (Å²) < 4.78 is 63.3. The van der Waals surface area contributed by atoms with Crippen molar-refractivity contribution in [2.45, 2.75) is 50.5 Å². The maximum absolute atomic E-state index is 13.1. The summed E-state index contributed by atoms with van der Waals surface area (Å²) in [6.07, 6.45) is 3.00. The van der Waals surface area contributed by atoms with Crippen molar-refractivity contribution in [3.8, 4) is 5.75 Å². The Hall–Kier alpha value is -2.90. The number of sulfonamides is 1. The van der Waals surface area contributed by atoms with Gasteiger partial charge in [0.25, 0.3) is 0 Å². The average Bonchev–Trinajstić information content (AvgIpc) is 3.35. The second kappa shape index (κ2) is 9.39. The van der Waals surface area contributed by atoms with Crippen molar-refractivity contribution in [3.05, 3.63) is 41.9 Å². The van der Waals surface area contributed by atoms with E-state index in [1.165, 1.54) is 22.5 Å². The molecule has 1 saturated heterocycles. The number of anilines is 1. The molecule has 2 aromatic rings. The lowest BCUT2D eigenvalue weighted by Crippen LogP contribution is -2.35. The Morgan fingerprint density at radius 3 is 2.62 bits per heavy atom. The van der Waals surface area contributed by atoms with Crippen LogP contribution in [0.2, 0.25) is 0 Å². The van der Waals surface area contributed by atoms with Crippen molar-refractivity contribution in [1.29, 1.82) is 0 Å². The van der Waals surface area contributed by atoms with Crippen LogP contribution in [-0.2, 0) is 20.2 Å². The predicted octanol–water partition coefficient (Wildman–Crippen LogP) is 2.68. The average molecular weight is 510 g/mol. The van der Waals surface area contributed by atoms with E-state index in [4.69, 9.17) is 4.42 Å². The third kappa shape index (κ3) is 4.95. The van der Waals surface area contributed by atoms with Gasteiger partial charge in [-0.2, -0.15) is 12.7 Å². The van der Waals surface area contributed by atoms with Crippen LogP contribution in [0.3, 0.4) is 0 Å². The molecule has 0 spiro atoms. The van der Waals surface area contributed by atoms with Crippen LogP contribution in [0.1, 0.15) is 50.2 Å². The van der Waals surface area contributed by atoms with Crippen molar-refractivity contribution in [2.75, 3.05) is 18.4 Å². The molecule has 0 radical (unpaired) electrons. The van der Waals surface area contributed by atoms with E-state index in [1.807, 2.05) is 6.92 Å². The third-order valence-corrected chi connectivity index (χ3v) is 8.41. The van der Waals surface area contributed by atoms with Crippen LogP contribution < -0.4 is 10.0 Å². The number of piperidine rings is 1. The Kier molecular flexibility index (Phi) is 6.69. The first-order valence-corrected chi connectivity index (χ1v) is 13.8. The van der Waals surface area contributed by atoms with Gasteiger partial charge in [0.15, 0.2) is 17.4 Å². The number of hydrogen-bond acceptors (Lipinski definition) is 8. The molecule has 0 aliphatic carbocycles.